The summed E-state index contributed by atoms with van der Waals surface area (Å²) in [6, 6.07) is 8.96. The number of hydrogen-bond donors (Lipinski definition) is 4. The predicted octanol–water partition coefficient (Wildman–Crippen LogP) is 4.72. The maximum atomic E-state index is 12.7. The van der Waals surface area contributed by atoms with Gasteiger partial charge in [-0.25, -0.2) is 4.98 Å². The van der Waals surface area contributed by atoms with E-state index in [0.717, 1.165) is 51.4 Å². The van der Waals surface area contributed by atoms with Crippen molar-refractivity contribution in [2.75, 3.05) is 17.2 Å². The van der Waals surface area contributed by atoms with Gasteiger partial charge in [-0.05, 0) is 63.4 Å². The van der Waals surface area contributed by atoms with E-state index in [1.54, 1.807) is 6.07 Å². The molecule has 200 valence electrons. The normalized spacial score (nSPS) is 24.2. The third kappa shape index (κ3) is 8.20. The Bertz CT molecular complexity index is 1060. The van der Waals surface area contributed by atoms with Crippen molar-refractivity contribution in [1.29, 1.82) is 5.26 Å². The van der Waals surface area contributed by atoms with Crippen LogP contribution in [0.3, 0.4) is 0 Å². The van der Waals surface area contributed by atoms with Crippen molar-refractivity contribution in [3.63, 3.8) is 0 Å². The first-order valence-electron chi connectivity index (χ1n) is 12.8. The minimum atomic E-state index is -4.78. The Hall–Kier alpha value is -3.10. The predicted molar refractivity (Wildman–Crippen MR) is 133 cm³/mol. The van der Waals surface area contributed by atoms with Gasteiger partial charge in [-0.15, -0.1) is 13.2 Å². The molecule has 0 saturated heterocycles. The van der Waals surface area contributed by atoms with Crippen molar-refractivity contribution >= 4 is 11.8 Å². The van der Waals surface area contributed by atoms with E-state index in [1.165, 1.54) is 24.4 Å². The lowest BCUT2D eigenvalue weighted by atomic mass is 9.84. The van der Waals surface area contributed by atoms with Gasteiger partial charge in [-0.3, -0.25) is 0 Å². The quantitative estimate of drug-likeness (QED) is 0.377. The molecule has 0 radical (unpaired) electrons. The van der Waals surface area contributed by atoms with Gasteiger partial charge in [-0.1, -0.05) is 18.2 Å². The smallest absolute Gasteiger partial charge is 0.405 e. The molecule has 1 aromatic carbocycles. The summed E-state index contributed by atoms with van der Waals surface area (Å²) >= 11 is 0. The summed E-state index contributed by atoms with van der Waals surface area (Å²) in [5.74, 6) is 0.769. The Kier molecular flexibility index (Phi) is 9.05. The number of anilines is 2. The van der Waals surface area contributed by atoms with Crippen molar-refractivity contribution in [2.24, 2.45) is 5.92 Å². The summed E-state index contributed by atoms with van der Waals surface area (Å²) in [5, 5.41) is 29.1. The van der Waals surface area contributed by atoms with E-state index in [1.807, 2.05) is 0 Å². The molecule has 0 amide bonds. The molecule has 0 spiro atoms. The van der Waals surface area contributed by atoms with Gasteiger partial charge >= 0.3 is 6.36 Å². The number of para-hydroxylation sites is 1. The fourth-order valence-electron chi connectivity index (χ4n) is 5.08. The number of alkyl halides is 3. The number of benzene rings is 1. The summed E-state index contributed by atoms with van der Waals surface area (Å²) in [6.45, 7) is 0.699. The van der Waals surface area contributed by atoms with E-state index in [-0.39, 0.29) is 24.3 Å². The SMILES string of the molecule is N#Cc1cnc(NCc2ccccc2OC(F)(F)F)nc1NCC1CCC(NC2CCC(O)CC2)CC1. The van der Waals surface area contributed by atoms with Gasteiger partial charge in [0.15, 0.2) is 0 Å². The standard InChI is InChI=1S/C26H33F3N6O2/c27-26(28,29)37-23-4-2-1-3-18(23)15-32-25-33-16-19(13-30)24(35-25)31-14-17-5-7-20(8-6-17)34-21-9-11-22(36)12-10-21/h1-4,16-17,20-22,34,36H,5-12,14-15H2,(H2,31,32,33,35). The van der Waals surface area contributed by atoms with Crippen molar-refractivity contribution in [3.8, 4) is 11.8 Å². The number of nitrogens with one attached hydrogen (secondary N) is 3. The van der Waals surface area contributed by atoms with Gasteiger partial charge < -0.3 is 25.8 Å². The maximum Gasteiger partial charge on any atom is 0.573 e. The molecule has 2 aliphatic carbocycles. The van der Waals surface area contributed by atoms with Crippen LogP contribution in [0.2, 0.25) is 0 Å². The maximum absolute atomic E-state index is 12.7. The average molecular weight is 519 g/mol. The minimum absolute atomic E-state index is 0.0224. The summed E-state index contributed by atoms with van der Waals surface area (Å²) < 4.78 is 42.1. The first-order valence-corrected chi connectivity index (χ1v) is 12.8. The van der Waals surface area contributed by atoms with Crippen molar-refractivity contribution in [3.05, 3.63) is 41.6 Å². The van der Waals surface area contributed by atoms with Gasteiger partial charge in [0.05, 0.1) is 12.3 Å². The number of ether oxygens (including phenoxy) is 1. The number of nitriles is 1. The number of aromatic nitrogens is 2. The van der Waals surface area contributed by atoms with E-state index < -0.39 is 6.36 Å². The molecule has 37 heavy (non-hydrogen) atoms. The van der Waals surface area contributed by atoms with Crippen LogP contribution in [0.1, 0.15) is 62.5 Å². The van der Waals surface area contributed by atoms with Crippen LogP contribution in [0.4, 0.5) is 24.9 Å². The number of aliphatic hydroxyl groups is 1. The molecule has 2 saturated carbocycles. The van der Waals surface area contributed by atoms with Gasteiger partial charge in [0.2, 0.25) is 5.95 Å². The lowest BCUT2D eigenvalue weighted by Crippen LogP contribution is -2.43. The van der Waals surface area contributed by atoms with E-state index in [4.69, 9.17) is 0 Å². The summed E-state index contributed by atoms with van der Waals surface area (Å²) in [5.41, 5.74) is 0.610. The largest absolute Gasteiger partial charge is 0.573 e. The molecule has 1 aromatic heterocycles. The second kappa shape index (κ2) is 12.4. The number of hydrogen-bond acceptors (Lipinski definition) is 8. The topological polar surface area (TPSA) is 115 Å². The van der Waals surface area contributed by atoms with Gasteiger partial charge in [0.25, 0.3) is 0 Å². The van der Waals surface area contributed by atoms with Crippen LogP contribution in [0.5, 0.6) is 5.75 Å². The van der Waals surface area contributed by atoms with E-state index in [9.17, 15) is 23.5 Å². The summed E-state index contributed by atoms with van der Waals surface area (Å²) in [4.78, 5) is 8.52. The van der Waals surface area contributed by atoms with Crippen LogP contribution >= 0.6 is 0 Å². The Labute approximate surface area is 214 Å². The highest BCUT2D eigenvalue weighted by atomic mass is 19.4. The highest BCUT2D eigenvalue weighted by Crippen LogP contribution is 2.28. The molecule has 2 aliphatic rings. The molecule has 4 N–H and O–H groups in total. The van der Waals surface area contributed by atoms with Crippen LogP contribution in [0, 0.1) is 17.2 Å². The Morgan fingerprint density at radius 1 is 1.00 bits per heavy atom. The molecule has 11 heteroatoms. The zero-order valence-corrected chi connectivity index (χ0v) is 20.6. The van der Waals surface area contributed by atoms with Crippen molar-refractivity contribution in [1.82, 2.24) is 15.3 Å². The molecule has 4 rings (SSSR count). The van der Waals surface area contributed by atoms with E-state index in [0.29, 0.717) is 41.5 Å². The van der Waals surface area contributed by atoms with Gasteiger partial charge in [0.1, 0.15) is 23.2 Å². The number of aliphatic hydroxyl groups excluding tert-OH is 1. The highest BCUT2D eigenvalue weighted by Gasteiger charge is 2.32. The molecule has 8 nitrogen and oxygen atoms in total. The highest BCUT2D eigenvalue weighted by molar-refractivity contribution is 5.53. The molecular weight excluding hydrogens is 485 g/mol. The fourth-order valence-corrected chi connectivity index (χ4v) is 5.08. The van der Waals surface area contributed by atoms with Crippen molar-refractivity contribution < 1.29 is 23.0 Å². The number of halogens is 3. The average Bonchev–Trinajstić information content (AvgIpc) is 2.88. The van der Waals surface area contributed by atoms with Gasteiger partial charge in [-0.2, -0.15) is 10.2 Å². The Morgan fingerprint density at radius 2 is 1.68 bits per heavy atom. The first-order chi connectivity index (χ1) is 17.8. The lowest BCUT2D eigenvalue weighted by molar-refractivity contribution is -0.274. The molecule has 0 unspecified atom stereocenters. The van der Waals surface area contributed by atoms with Crippen LogP contribution in [0.25, 0.3) is 0 Å². The second-order valence-corrected chi connectivity index (χ2v) is 9.85. The van der Waals surface area contributed by atoms with Crippen LogP contribution in [-0.4, -0.2) is 46.2 Å². The number of rotatable bonds is 9. The molecular formula is C26H33F3N6O2. The first kappa shape index (κ1) is 26.9. The second-order valence-electron chi connectivity index (χ2n) is 9.85. The molecule has 2 fully saturated rings. The minimum Gasteiger partial charge on any atom is -0.405 e. The zero-order valence-electron chi connectivity index (χ0n) is 20.6. The molecule has 0 bridgehead atoms. The Morgan fingerprint density at radius 3 is 2.35 bits per heavy atom. The van der Waals surface area contributed by atoms with Gasteiger partial charge in [0, 0.05) is 30.7 Å². The zero-order chi connectivity index (χ0) is 26.3. The third-order valence-electron chi connectivity index (χ3n) is 7.12. The fraction of sp³-hybridized carbons (Fsp3) is 0.577. The molecule has 1 heterocycles. The Balaban J connectivity index is 1.28. The molecule has 2 aromatic rings. The van der Waals surface area contributed by atoms with E-state index >= 15 is 0 Å². The monoisotopic (exact) mass is 518 g/mol. The van der Waals surface area contributed by atoms with Crippen LogP contribution in [0.15, 0.2) is 30.5 Å². The van der Waals surface area contributed by atoms with Crippen LogP contribution in [-0.2, 0) is 6.54 Å². The molecule has 0 aliphatic heterocycles. The van der Waals surface area contributed by atoms with Crippen LogP contribution < -0.4 is 20.7 Å². The van der Waals surface area contributed by atoms with E-state index in [2.05, 4.69) is 36.7 Å². The summed E-state index contributed by atoms with van der Waals surface area (Å²) in [7, 11) is 0. The third-order valence-corrected chi connectivity index (χ3v) is 7.12. The lowest BCUT2D eigenvalue weighted by Gasteiger charge is -2.34. The summed E-state index contributed by atoms with van der Waals surface area (Å²) in [6.07, 6.45) is 4.60. The number of nitrogens with zero attached hydrogens (tertiary/aromatic N) is 3. The van der Waals surface area contributed by atoms with Crippen molar-refractivity contribution in [2.45, 2.75) is 82.5 Å². The molecule has 0 atom stereocenters.